The number of hydrogen-bond donors (Lipinski definition) is 2. The van der Waals surface area contributed by atoms with Gasteiger partial charge in [0, 0.05) is 13.1 Å². The minimum absolute atomic E-state index is 0.116. The third-order valence-corrected chi connectivity index (χ3v) is 4.32. The molecule has 0 amide bonds. The highest BCUT2D eigenvalue weighted by Gasteiger charge is 2.29. The van der Waals surface area contributed by atoms with Gasteiger partial charge in [-0.2, -0.15) is 0 Å². The number of nitrogens with zero attached hydrogens (tertiary/aromatic N) is 1. The summed E-state index contributed by atoms with van der Waals surface area (Å²) in [6, 6.07) is 10.2. The topological polar surface area (TPSA) is 35.5 Å². The Kier molecular flexibility index (Phi) is 7.20. The van der Waals surface area contributed by atoms with Crippen LogP contribution in [0.5, 0.6) is 0 Å². The van der Waals surface area contributed by atoms with Crippen molar-refractivity contribution in [2.75, 3.05) is 33.8 Å². The maximum Gasteiger partial charge on any atom is 0.0678 e. The second-order valence-corrected chi connectivity index (χ2v) is 5.88. The first-order valence-electron chi connectivity index (χ1n) is 7.61. The van der Waals surface area contributed by atoms with Gasteiger partial charge in [-0.1, -0.05) is 50.6 Å². The molecule has 0 aromatic heterocycles. The quantitative estimate of drug-likeness (QED) is 0.728. The van der Waals surface area contributed by atoms with Crippen LogP contribution in [0.3, 0.4) is 0 Å². The smallest absolute Gasteiger partial charge is 0.0678 e. The third kappa shape index (κ3) is 4.58. The lowest BCUT2D eigenvalue weighted by Gasteiger charge is -2.34. The fourth-order valence-electron chi connectivity index (χ4n) is 2.55. The van der Waals surface area contributed by atoms with Crippen molar-refractivity contribution in [3.8, 4) is 0 Å². The van der Waals surface area contributed by atoms with E-state index < -0.39 is 0 Å². The lowest BCUT2D eigenvalue weighted by Crippen LogP contribution is -2.46. The highest BCUT2D eigenvalue weighted by atomic mass is 16.3. The Balaban J connectivity index is 2.68. The van der Waals surface area contributed by atoms with E-state index in [-0.39, 0.29) is 12.1 Å². The molecule has 2 unspecified atom stereocenters. The number of nitrogens with one attached hydrogen (secondary N) is 1. The van der Waals surface area contributed by atoms with Gasteiger partial charge in [0.1, 0.15) is 0 Å². The second-order valence-electron chi connectivity index (χ2n) is 5.88. The van der Waals surface area contributed by atoms with E-state index in [4.69, 9.17) is 0 Å². The average molecular weight is 278 g/mol. The summed E-state index contributed by atoms with van der Waals surface area (Å²) in [6.07, 6.45) is 2.11. The highest BCUT2D eigenvalue weighted by molar-refractivity contribution is 5.24. The maximum atomic E-state index is 9.89. The minimum atomic E-state index is -0.342. The molecule has 0 saturated heterocycles. The number of hydrogen-bond acceptors (Lipinski definition) is 3. The van der Waals surface area contributed by atoms with Gasteiger partial charge in [0.15, 0.2) is 0 Å². The van der Waals surface area contributed by atoms with Gasteiger partial charge in [-0.3, -0.25) is 0 Å². The Morgan fingerprint density at radius 1 is 1.30 bits per heavy atom. The molecular formula is C17H30N2O. The first-order chi connectivity index (χ1) is 9.57. The van der Waals surface area contributed by atoms with Crippen LogP contribution in [0.15, 0.2) is 30.3 Å². The van der Waals surface area contributed by atoms with Gasteiger partial charge in [-0.05, 0) is 32.0 Å². The first kappa shape index (κ1) is 17.2. The lowest BCUT2D eigenvalue weighted by molar-refractivity contribution is 0.141. The van der Waals surface area contributed by atoms with Crippen molar-refractivity contribution < 1.29 is 5.11 Å². The summed E-state index contributed by atoms with van der Waals surface area (Å²) in [6.45, 7) is 6.71. The zero-order valence-electron chi connectivity index (χ0n) is 13.4. The summed E-state index contributed by atoms with van der Waals surface area (Å²) in [4.78, 5) is 2.36. The number of likely N-dealkylation sites (N-methyl/N-ethyl adjacent to an activating group) is 1. The zero-order valence-corrected chi connectivity index (χ0v) is 13.4. The maximum absolute atomic E-state index is 9.89. The van der Waals surface area contributed by atoms with Crippen molar-refractivity contribution in [3.05, 3.63) is 35.9 Å². The predicted octanol–water partition coefficient (Wildman–Crippen LogP) is 2.46. The van der Waals surface area contributed by atoms with Gasteiger partial charge < -0.3 is 15.3 Å². The SMILES string of the molecule is CCC(C)CN(C)CCC(CO)(NC)c1ccccc1. The van der Waals surface area contributed by atoms with Crippen molar-refractivity contribution in [3.63, 3.8) is 0 Å². The summed E-state index contributed by atoms with van der Waals surface area (Å²) < 4.78 is 0. The first-order valence-corrected chi connectivity index (χ1v) is 7.61. The molecule has 1 aromatic rings. The molecule has 1 rings (SSSR count). The molecule has 0 aliphatic heterocycles. The number of aliphatic hydroxyl groups is 1. The lowest BCUT2D eigenvalue weighted by atomic mass is 9.87. The molecule has 3 heteroatoms. The van der Waals surface area contributed by atoms with E-state index in [1.165, 1.54) is 6.42 Å². The molecule has 2 N–H and O–H groups in total. The molecule has 2 atom stereocenters. The summed E-state index contributed by atoms with van der Waals surface area (Å²) in [7, 11) is 4.09. The van der Waals surface area contributed by atoms with Crippen LogP contribution in [-0.2, 0) is 5.54 Å². The highest BCUT2D eigenvalue weighted by Crippen LogP contribution is 2.24. The van der Waals surface area contributed by atoms with Gasteiger partial charge in [-0.25, -0.2) is 0 Å². The zero-order chi connectivity index (χ0) is 15.0. The van der Waals surface area contributed by atoms with E-state index in [2.05, 4.69) is 43.2 Å². The van der Waals surface area contributed by atoms with Crippen LogP contribution in [0.25, 0.3) is 0 Å². The minimum Gasteiger partial charge on any atom is -0.394 e. The van der Waals surface area contributed by atoms with E-state index in [1.807, 2.05) is 25.2 Å². The van der Waals surface area contributed by atoms with Gasteiger partial charge >= 0.3 is 0 Å². The van der Waals surface area contributed by atoms with Crippen LogP contribution in [0.4, 0.5) is 0 Å². The molecule has 0 spiro atoms. The molecule has 0 heterocycles. The van der Waals surface area contributed by atoms with Crippen molar-refractivity contribution in [1.29, 1.82) is 0 Å². The van der Waals surface area contributed by atoms with Gasteiger partial charge in [0.25, 0.3) is 0 Å². The van der Waals surface area contributed by atoms with Gasteiger partial charge in [-0.15, -0.1) is 0 Å². The monoisotopic (exact) mass is 278 g/mol. The van der Waals surface area contributed by atoms with Crippen molar-refractivity contribution in [2.45, 2.75) is 32.2 Å². The molecule has 3 nitrogen and oxygen atoms in total. The summed E-state index contributed by atoms with van der Waals surface area (Å²) in [5, 5.41) is 13.2. The molecule has 0 bridgehead atoms. The van der Waals surface area contributed by atoms with E-state index in [0.717, 1.165) is 31.0 Å². The second kappa shape index (κ2) is 8.40. The van der Waals surface area contributed by atoms with Crippen molar-refractivity contribution in [1.82, 2.24) is 10.2 Å². The predicted molar refractivity (Wildman–Crippen MR) is 85.8 cm³/mol. The Bertz CT molecular complexity index is 363. The molecule has 0 aliphatic rings. The van der Waals surface area contributed by atoms with Gasteiger partial charge in [0.2, 0.25) is 0 Å². The fraction of sp³-hybridized carbons (Fsp3) is 0.647. The fourth-order valence-corrected chi connectivity index (χ4v) is 2.55. The Labute approximate surface area is 124 Å². The van der Waals surface area contributed by atoms with Gasteiger partial charge in [0.05, 0.1) is 12.1 Å². The third-order valence-electron chi connectivity index (χ3n) is 4.32. The van der Waals surface area contributed by atoms with Crippen LogP contribution in [0.1, 0.15) is 32.3 Å². The Morgan fingerprint density at radius 3 is 2.45 bits per heavy atom. The molecule has 1 aromatic carbocycles. The average Bonchev–Trinajstić information content (AvgIpc) is 2.49. The standard InChI is InChI=1S/C17H30N2O/c1-5-15(2)13-19(4)12-11-17(14-20,18-3)16-9-7-6-8-10-16/h6-10,15,18,20H,5,11-14H2,1-4H3. The summed E-state index contributed by atoms with van der Waals surface area (Å²) in [5.74, 6) is 0.717. The van der Waals surface area contributed by atoms with Crippen LogP contribution in [-0.4, -0.2) is 43.8 Å². The van der Waals surface area contributed by atoms with Crippen molar-refractivity contribution in [2.24, 2.45) is 5.92 Å². The largest absolute Gasteiger partial charge is 0.394 e. The molecule has 20 heavy (non-hydrogen) atoms. The molecule has 0 saturated carbocycles. The van der Waals surface area contributed by atoms with E-state index >= 15 is 0 Å². The van der Waals surface area contributed by atoms with E-state index in [0.29, 0.717) is 0 Å². The van der Waals surface area contributed by atoms with Crippen LogP contribution in [0.2, 0.25) is 0 Å². The molecular weight excluding hydrogens is 248 g/mol. The normalized spacial score (nSPS) is 16.1. The Hall–Kier alpha value is -0.900. The summed E-state index contributed by atoms with van der Waals surface area (Å²) in [5.41, 5.74) is 0.812. The van der Waals surface area contributed by atoms with Crippen LogP contribution in [0, 0.1) is 5.92 Å². The molecule has 0 aliphatic carbocycles. The number of aliphatic hydroxyl groups excluding tert-OH is 1. The Morgan fingerprint density at radius 2 is 1.95 bits per heavy atom. The molecule has 0 fully saturated rings. The summed E-state index contributed by atoms with van der Waals surface area (Å²) >= 11 is 0. The van der Waals surface area contributed by atoms with Crippen molar-refractivity contribution >= 4 is 0 Å². The van der Waals surface area contributed by atoms with Crippen LogP contribution >= 0.6 is 0 Å². The molecule has 114 valence electrons. The molecule has 0 radical (unpaired) electrons. The van der Waals surface area contributed by atoms with E-state index in [1.54, 1.807) is 0 Å². The van der Waals surface area contributed by atoms with E-state index in [9.17, 15) is 5.11 Å². The number of benzene rings is 1. The van der Waals surface area contributed by atoms with Crippen LogP contribution < -0.4 is 5.32 Å². The number of rotatable bonds is 9.